The molecule has 0 saturated carbocycles. The van der Waals surface area contributed by atoms with Gasteiger partial charge in [0, 0.05) is 16.1 Å². The summed E-state index contributed by atoms with van der Waals surface area (Å²) in [6, 6.07) is 6.13. The highest BCUT2D eigenvalue weighted by Gasteiger charge is 2.14. The first-order valence-corrected chi connectivity index (χ1v) is 5.79. The van der Waals surface area contributed by atoms with Gasteiger partial charge >= 0.3 is 0 Å². The monoisotopic (exact) mass is 318 g/mol. The summed E-state index contributed by atoms with van der Waals surface area (Å²) in [7, 11) is 0. The Balaban J connectivity index is 2.68. The van der Waals surface area contributed by atoms with E-state index in [-0.39, 0.29) is 26.4 Å². The van der Waals surface area contributed by atoms with Gasteiger partial charge in [0.25, 0.3) is 0 Å². The van der Waals surface area contributed by atoms with Gasteiger partial charge in [-0.1, -0.05) is 11.6 Å². The molecule has 0 bridgehead atoms. The molecule has 0 amide bonds. The summed E-state index contributed by atoms with van der Waals surface area (Å²) in [5.41, 5.74) is 0.165. The van der Waals surface area contributed by atoms with E-state index >= 15 is 0 Å². The number of halogens is 4. The summed E-state index contributed by atoms with van der Waals surface area (Å²) >= 11 is 8.62. The Morgan fingerprint density at radius 2 is 1.76 bits per heavy atom. The fourth-order valence-electron chi connectivity index (χ4n) is 1.48. The minimum Gasteiger partial charge on any atom is -0.506 e. The number of aromatic hydroxyl groups is 1. The van der Waals surface area contributed by atoms with Gasteiger partial charge in [0.15, 0.2) is 0 Å². The molecule has 0 aromatic heterocycles. The van der Waals surface area contributed by atoms with Crippen molar-refractivity contribution < 1.29 is 13.9 Å². The number of benzene rings is 2. The molecule has 0 heterocycles. The highest BCUT2D eigenvalue weighted by Crippen LogP contribution is 2.37. The minimum atomic E-state index is -0.620. The smallest absolute Gasteiger partial charge is 0.137 e. The van der Waals surface area contributed by atoms with E-state index in [9.17, 15) is 13.9 Å². The highest BCUT2D eigenvalue weighted by molar-refractivity contribution is 9.10. The fourth-order valence-corrected chi connectivity index (χ4v) is 2.07. The maximum Gasteiger partial charge on any atom is 0.137 e. The summed E-state index contributed by atoms with van der Waals surface area (Å²) in [5.74, 6) is -1.41. The van der Waals surface area contributed by atoms with Crippen LogP contribution in [0.1, 0.15) is 0 Å². The molecule has 1 N–H and O–H groups in total. The molecule has 5 heteroatoms. The molecule has 0 spiro atoms. The molecular weight excluding hydrogens is 313 g/mol. The van der Waals surface area contributed by atoms with Crippen molar-refractivity contribution in [1.82, 2.24) is 0 Å². The summed E-state index contributed by atoms with van der Waals surface area (Å²) < 4.78 is 27.0. The van der Waals surface area contributed by atoms with Crippen molar-refractivity contribution in [2.75, 3.05) is 0 Å². The van der Waals surface area contributed by atoms with Crippen LogP contribution in [-0.2, 0) is 0 Å². The van der Waals surface area contributed by atoms with Gasteiger partial charge in [0.1, 0.15) is 17.4 Å². The lowest BCUT2D eigenvalue weighted by Crippen LogP contribution is -1.88. The van der Waals surface area contributed by atoms with E-state index in [0.717, 1.165) is 18.2 Å². The Kier molecular flexibility index (Phi) is 3.35. The third kappa shape index (κ3) is 2.42. The molecule has 0 fully saturated rings. The molecule has 0 aliphatic rings. The zero-order valence-corrected chi connectivity index (χ0v) is 10.7. The molecule has 2 aromatic rings. The van der Waals surface area contributed by atoms with E-state index in [1.54, 1.807) is 0 Å². The van der Waals surface area contributed by atoms with E-state index in [1.165, 1.54) is 12.1 Å². The van der Waals surface area contributed by atoms with Crippen molar-refractivity contribution >= 4 is 27.5 Å². The second kappa shape index (κ2) is 4.63. The molecular formula is C12H6BrClF2O. The Bertz CT molecular complexity index is 587. The SMILES string of the molecule is Oc1c(Br)cc(F)cc1-c1ccc(Cl)cc1F. The van der Waals surface area contributed by atoms with Crippen molar-refractivity contribution in [1.29, 1.82) is 0 Å². The second-order valence-corrected chi connectivity index (χ2v) is 4.70. The van der Waals surface area contributed by atoms with Crippen LogP contribution < -0.4 is 0 Å². The van der Waals surface area contributed by atoms with Crippen LogP contribution in [0.15, 0.2) is 34.8 Å². The molecule has 2 rings (SSSR count). The van der Waals surface area contributed by atoms with Crippen LogP contribution in [-0.4, -0.2) is 5.11 Å². The summed E-state index contributed by atoms with van der Waals surface area (Å²) in [6.07, 6.45) is 0. The van der Waals surface area contributed by atoms with E-state index in [4.69, 9.17) is 11.6 Å². The van der Waals surface area contributed by atoms with Gasteiger partial charge in [-0.2, -0.15) is 0 Å². The van der Waals surface area contributed by atoms with Crippen LogP contribution in [0.5, 0.6) is 5.75 Å². The van der Waals surface area contributed by atoms with E-state index in [1.807, 2.05) is 0 Å². The fraction of sp³-hybridized carbons (Fsp3) is 0. The Morgan fingerprint density at radius 1 is 1.06 bits per heavy atom. The topological polar surface area (TPSA) is 20.2 Å². The van der Waals surface area contributed by atoms with Gasteiger partial charge < -0.3 is 5.11 Å². The number of hydrogen-bond donors (Lipinski definition) is 1. The predicted octanol–water partition coefficient (Wildman–Crippen LogP) is 4.75. The van der Waals surface area contributed by atoms with Gasteiger partial charge in [0.05, 0.1) is 4.47 Å². The molecule has 0 unspecified atom stereocenters. The molecule has 88 valence electrons. The summed E-state index contributed by atoms with van der Waals surface area (Å²) in [5, 5.41) is 9.99. The molecule has 2 aromatic carbocycles. The first-order chi connectivity index (χ1) is 7.99. The summed E-state index contributed by atoms with van der Waals surface area (Å²) in [4.78, 5) is 0. The third-order valence-corrected chi connectivity index (χ3v) is 3.09. The average molecular weight is 320 g/mol. The van der Waals surface area contributed by atoms with Gasteiger partial charge in [-0.15, -0.1) is 0 Å². The Labute approximate surface area is 110 Å². The molecule has 0 saturated heterocycles. The van der Waals surface area contributed by atoms with Gasteiger partial charge in [-0.25, -0.2) is 8.78 Å². The molecule has 1 nitrogen and oxygen atoms in total. The van der Waals surface area contributed by atoms with Crippen LogP contribution in [0.4, 0.5) is 8.78 Å². The van der Waals surface area contributed by atoms with Crippen molar-refractivity contribution in [2.45, 2.75) is 0 Å². The Hall–Kier alpha value is -1.13. The lowest BCUT2D eigenvalue weighted by molar-refractivity contribution is 0.471. The van der Waals surface area contributed by atoms with Crippen molar-refractivity contribution in [2.24, 2.45) is 0 Å². The highest BCUT2D eigenvalue weighted by atomic mass is 79.9. The van der Waals surface area contributed by atoms with Gasteiger partial charge in [-0.05, 0) is 46.3 Å². The van der Waals surface area contributed by atoms with E-state index in [0.29, 0.717) is 0 Å². The molecule has 0 aliphatic heterocycles. The van der Waals surface area contributed by atoms with Crippen LogP contribution >= 0.6 is 27.5 Å². The van der Waals surface area contributed by atoms with Crippen LogP contribution in [0, 0.1) is 11.6 Å². The average Bonchev–Trinajstić information content (AvgIpc) is 2.24. The van der Waals surface area contributed by atoms with E-state index < -0.39 is 11.6 Å². The first kappa shape index (κ1) is 12.3. The quantitative estimate of drug-likeness (QED) is 0.804. The largest absolute Gasteiger partial charge is 0.506 e. The maximum atomic E-state index is 13.6. The third-order valence-electron chi connectivity index (χ3n) is 2.25. The van der Waals surface area contributed by atoms with Crippen molar-refractivity contribution in [3.05, 3.63) is 51.5 Å². The number of phenolic OH excluding ortho intramolecular Hbond substituents is 1. The number of phenols is 1. The summed E-state index contributed by atoms with van der Waals surface area (Å²) in [6.45, 7) is 0. The zero-order valence-electron chi connectivity index (χ0n) is 8.35. The maximum absolute atomic E-state index is 13.6. The Morgan fingerprint density at radius 3 is 2.41 bits per heavy atom. The lowest BCUT2D eigenvalue weighted by Gasteiger charge is -2.08. The van der Waals surface area contributed by atoms with Gasteiger partial charge in [0.2, 0.25) is 0 Å². The van der Waals surface area contributed by atoms with Crippen molar-refractivity contribution in [3.8, 4) is 16.9 Å². The zero-order chi connectivity index (χ0) is 12.6. The molecule has 0 atom stereocenters. The van der Waals surface area contributed by atoms with Gasteiger partial charge in [-0.3, -0.25) is 0 Å². The normalized spacial score (nSPS) is 10.6. The van der Waals surface area contributed by atoms with Crippen LogP contribution in [0.2, 0.25) is 5.02 Å². The lowest BCUT2D eigenvalue weighted by atomic mass is 10.0. The molecule has 0 aliphatic carbocycles. The van der Waals surface area contributed by atoms with Crippen molar-refractivity contribution in [3.63, 3.8) is 0 Å². The standard InChI is InChI=1S/C12H6BrClF2O/c13-10-5-7(15)4-9(12(10)17)8-2-1-6(14)3-11(8)16/h1-5,17H. The predicted molar refractivity (Wildman–Crippen MR) is 66.2 cm³/mol. The first-order valence-electron chi connectivity index (χ1n) is 4.62. The van der Waals surface area contributed by atoms with Crippen LogP contribution in [0.3, 0.4) is 0 Å². The molecule has 0 radical (unpaired) electrons. The van der Waals surface area contributed by atoms with E-state index in [2.05, 4.69) is 15.9 Å². The number of rotatable bonds is 1. The minimum absolute atomic E-state index is 0.0750. The number of hydrogen-bond acceptors (Lipinski definition) is 1. The van der Waals surface area contributed by atoms with Crippen LogP contribution in [0.25, 0.3) is 11.1 Å². The second-order valence-electron chi connectivity index (χ2n) is 3.41. The molecule has 17 heavy (non-hydrogen) atoms.